The molecule has 40 heavy (non-hydrogen) atoms. The average Bonchev–Trinajstić information content (AvgIpc) is 3.67. The van der Waals surface area contributed by atoms with Crippen molar-refractivity contribution in [1.82, 2.24) is 19.9 Å². The fourth-order valence-corrected chi connectivity index (χ4v) is 6.18. The number of carboxylic acids is 1. The van der Waals surface area contributed by atoms with Crippen molar-refractivity contribution in [2.24, 2.45) is 11.8 Å². The van der Waals surface area contributed by atoms with Crippen molar-refractivity contribution in [2.45, 2.75) is 64.0 Å². The van der Waals surface area contributed by atoms with Gasteiger partial charge in [0.1, 0.15) is 11.9 Å². The third-order valence-corrected chi connectivity index (χ3v) is 8.54. The SMILES string of the molecule is COc1cc(-c2ncc([C@H]3CCc4ccc([C@H](C5CC5)[C@H](C)C(=O)O)cc4O3)nc2CN2CCCC2)c(F)cn1. The first-order valence-corrected chi connectivity index (χ1v) is 14.2. The van der Waals surface area contributed by atoms with E-state index in [4.69, 9.17) is 19.4 Å². The lowest BCUT2D eigenvalue weighted by Gasteiger charge is -2.28. The molecule has 1 N–H and O–H groups in total. The highest BCUT2D eigenvalue weighted by atomic mass is 19.1. The fraction of sp³-hybridized carbons (Fsp3) is 0.484. The first kappa shape index (κ1) is 26.6. The molecule has 3 aromatic rings. The lowest BCUT2D eigenvalue weighted by molar-refractivity contribution is -0.142. The Morgan fingerprint density at radius 3 is 2.70 bits per heavy atom. The van der Waals surface area contributed by atoms with Gasteiger partial charge >= 0.3 is 5.97 Å². The normalized spacial score (nSPS) is 20.4. The van der Waals surface area contributed by atoms with E-state index >= 15 is 0 Å². The van der Waals surface area contributed by atoms with Gasteiger partial charge < -0.3 is 14.6 Å². The van der Waals surface area contributed by atoms with E-state index in [-0.39, 0.29) is 12.0 Å². The van der Waals surface area contributed by atoms with Crippen LogP contribution in [0.5, 0.6) is 11.6 Å². The largest absolute Gasteiger partial charge is 0.484 e. The summed E-state index contributed by atoms with van der Waals surface area (Å²) in [5, 5.41) is 9.71. The van der Waals surface area contributed by atoms with Gasteiger partial charge in [0.05, 0.1) is 42.5 Å². The van der Waals surface area contributed by atoms with Crippen molar-refractivity contribution in [3.05, 3.63) is 65.0 Å². The van der Waals surface area contributed by atoms with Gasteiger partial charge in [0.25, 0.3) is 0 Å². The second kappa shape index (κ2) is 11.1. The molecule has 0 spiro atoms. The van der Waals surface area contributed by atoms with E-state index in [0.29, 0.717) is 41.0 Å². The number of pyridine rings is 1. The van der Waals surface area contributed by atoms with Crippen molar-refractivity contribution in [3.8, 4) is 22.9 Å². The summed E-state index contributed by atoms with van der Waals surface area (Å²) in [7, 11) is 1.50. The van der Waals surface area contributed by atoms with Gasteiger partial charge in [-0.3, -0.25) is 14.7 Å². The molecule has 0 radical (unpaired) electrons. The Balaban J connectivity index is 1.31. The molecular formula is C31H35FN4O4. The number of halogens is 1. The zero-order chi connectivity index (χ0) is 27.8. The Labute approximate surface area is 233 Å². The zero-order valence-electron chi connectivity index (χ0n) is 23.0. The van der Waals surface area contributed by atoms with Crippen LogP contribution in [0.4, 0.5) is 4.39 Å². The van der Waals surface area contributed by atoms with Gasteiger partial charge in [-0.2, -0.15) is 0 Å². The maximum Gasteiger partial charge on any atom is 0.306 e. The van der Waals surface area contributed by atoms with Crippen molar-refractivity contribution in [3.63, 3.8) is 0 Å². The Morgan fingerprint density at radius 2 is 1.98 bits per heavy atom. The average molecular weight is 547 g/mol. The summed E-state index contributed by atoms with van der Waals surface area (Å²) in [4.78, 5) is 27.9. The molecule has 1 saturated carbocycles. The minimum Gasteiger partial charge on any atom is -0.484 e. The van der Waals surface area contributed by atoms with Crippen LogP contribution in [0.2, 0.25) is 0 Å². The smallest absolute Gasteiger partial charge is 0.306 e. The first-order valence-electron chi connectivity index (χ1n) is 14.2. The number of carboxylic acid groups (broad SMARTS) is 1. The van der Waals surface area contributed by atoms with Crippen LogP contribution < -0.4 is 9.47 Å². The molecule has 1 aliphatic carbocycles. The third-order valence-electron chi connectivity index (χ3n) is 8.54. The van der Waals surface area contributed by atoms with Crippen molar-refractivity contribution >= 4 is 5.97 Å². The molecule has 9 heteroatoms. The Kier molecular flexibility index (Phi) is 7.40. The van der Waals surface area contributed by atoms with Gasteiger partial charge in [0.2, 0.25) is 5.88 Å². The Bertz CT molecular complexity index is 1410. The second-order valence-electron chi connectivity index (χ2n) is 11.3. The zero-order valence-corrected chi connectivity index (χ0v) is 23.0. The summed E-state index contributed by atoms with van der Waals surface area (Å²) in [6.07, 6.45) is 8.51. The molecule has 1 saturated heterocycles. The molecule has 2 aromatic heterocycles. The number of hydrogen-bond acceptors (Lipinski definition) is 7. The van der Waals surface area contributed by atoms with Gasteiger partial charge in [-0.25, -0.2) is 14.4 Å². The highest BCUT2D eigenvalue weighted by Crippen LogP contribution is 2.48. The molecule has 210 valence electrons. The summed E-state index contributed by atoms with van der Waals surface area (Å²) in [6.45, 7) is 4.32. The van der Waals surface area contributed by atoms with Crippen LogP contribution in [-0.2, 0) is 17.8 Å². The number of nitrogens with zero attached hydrogens (tertiary/aromatic N) is 4. The van der Waals surface area contributed by atoms with Crippen LogP contribution in [0, 0.1) is 17.7 Å². The van der Waals surface area contributed by atoms with Crippen LogP contribution in [0.25, 0.3) is 11.3 Å². The number of aryl methyl sites for hydroxylation is 1. The monoisotopic (exact) mass is 546 g/mol. The van der Waals surface area contributed by atoms with E-state index in [0.717, 1.165) is 74.7 Å². The lowest BCUT2D eigenvalue weighted by Crippen LogP contribution is -2.23. The van der Waals surface area contributed by atoms with Gasteiger partial charge in [-0.1, -0.05) is 19.1 Å². The topological polar surface area (TPSA) is 97.7 Å². The Hall–Kier alpha value is -3.59. The summed E-state index contributed by atoms with van der Waals surface area (Å²) in [5.74, 6) is -0.205. The summed E-state index contributed by atoms with van der Waals surface area (Å²) >= 11 is 0. The number of likely N-dealkylation sites (tertiary alicyclic amines) is 1. The van der Waals surface area contributed by atoms with Crippen LogP contribution in [-0.4, -0.2) is 51.1 Å². The molecule has 8 nitrogen and oxygen atoms in total. The Morgan fingerprint density at radius 1 is 1.18 bits per heavy atom. The predicted molar refractivity (Wildman–Crippen MR) is 147 cm³/mol. The number of methoxy groups -OCH3 is 1. The van der Waals surface area contributed by atoms with E-state index in [1.807, 2.05) is 6.07 Å². The molecule has 3 aliphatic rings. The highest BCUT2D eigenvalue weighted by Gasteiger charge is 2.39. The van der Waals surface area contributed by atoms with E-state index in [1.165, 1.54) is 7.11 Å². The maximum atomic E-state index is 14.9. The van der Waals surface area contributed by atoms with Crippen LogP contribution in [0.15, 0.2) is 36.7 Å². The van der Waals surface area contributed by atoms with Gasteiger partial charge in [-0.15, -0.1) is 0 Å². The van der Waals surface area contributed by atoms with E-state index in [2.05, 4.69) is 22.0 Å². The molecule has 0 unspecified atom stereocenters. The summed E-state index contributed by atoms with van der Waals surface area (Å²) < 4.78 is 26.7. The van der Waals surface area contributed by atoms with Crippen LogP contribution in [0.1, 0.15) is 73.6 Å². The molecule has 4 heterocycles. The molecule has 0 bridgehead atoms. The number of carbonyl (C=O) groups is 1. The van der Waals surface area contributed by atoms with Crippen molar-refractivity contribution in [2.75, 3.05) is 20.2 Å². The first-order chi connectivity index (χ1) is 19.4. The molecular weight excluding hydrogens is 511 g/mol. The lowest BCUT2D eigenvalue weighted by atomic mass is 9.82. The van der Waals surface area contributed by atoms with Gasteiger partial charge in [-0.05, 0) is 80.6 Å². The molecule has 2 fully saturated rings. The standard InChI is InChI=1S/C31H35FN4O4/c1-18(31(37)38)29(20-6-7-20)21-8-5-19-9-10-26(40-27(19)13-21)24-16-34-30(22-14-28(39-2)33-15-23(22)32)25(35-24)17-36-11-3-4-12-36/h5,8,13-16,18,20,26,29H,3-4,6-7,9-12,17H2,1-2H3,(H,37,38)/t18-,26+,29-/m0/s1. The fourth-order valence-electron chi connectivity index (χ4n) is 6.18. The second-order valence-corrected chi connectivity index (χ2v) is 11.3. The molecule has 0 amide bonds. The minimum absolute atomic E-state index is 0.0230. The number of aliphatic carboxylic acids is 1. The molecule has 3 atom stereocenters. The number of aromatic nitrogens is 3. The number of rotatable bonds is 9. The molecule has 2 aliphatic heterocycles. The summed E-state index contributed by atoms with van der Waals surface area (Å²) in [6, 6.07) is 7.76. The quantitative estimate of drug-likeness (QED) is 0.372. The van der Waals surface area contributed by atoms with E-state index in [9.17, 15) is 14.3 Å². The predicted octanol–water partition coefficient (Wildman–Crippen LogP) is 5.56. The van der Waals surface area contributed by atoms with E-state index in [1.54, 1.807) is 19.2 Å². The number of ether oxygens (including phenoxy) is 2. The van der Waals surface area contributed by atoms with Crippen molar-refractivity contribution < 1.29 is 23.8 Å². The van der Waals surface area contributed by atoms with Crippen LogP contribution >= 0.6 is 0 Å². The summed E-state index contributed by atoms with van der Waals surface area (Å²) in [5.41, 5.74) is 4.37. The van der Waals surface area contributed by atoms with Gasteiger partial charge in [0, 0.05) is 18.2 Å². The third kappa shape index (κ3) is 5.39. The highest BCUT2D eigenvalue weighted by molar-refractivity contribution is 5.71. The number of fused-ring (bicyclic) bond motifs is 1. The molecule has 1 aromatic carbocycles. The molecule has 6 rings (SSSR count). The number of benzene rings is 1. The van der Waals surface area contributed by atoms with Crippen LogP contribution in [0.3, 0.4) is 0 Å². The number of hydrogen-bond donors (Lipinski definition) is 1. The van der Waals surface area contributed by atoms with Crippen molar-refractivity contribution in [1.29, 1.82) is 0 Å². The maximum absolute atomic E-state index is 14.9. The van der Waals surface area contributed by atoms with E-state index < -0.39 is 17.7 Å². The minimum atomic E-state index is -0.766. The van der Waals surface area contributed by atoms with Gasteiger partial charge in [0.15, 0.2) is 5.82 Å².